The van der Waals surface area contributed by atoms with Crippen LogP contribution < -0.4 is 10.2 Å². The predicted octanol–water partition coefficient (Wildman–Crippen LogP) is 2.13. The summed E-state index contributed by atoms with van der Waals surface area (Å²) in [5.74, 6) is 0. The maximum absolute atomic E-state index is 4.30. The van der Waals surface area contributed by atoms with E-state index in [4.69, 9.17) is 0 Å². The van der Waals surface area contributed by atoms with Crippen LogP contribution in [0.25, 0.3) is 0 Å². The minimum absolute atomic E-state index is 0.0242. The molecule has 1 aliphatic heterocycles. The summed E-state index contributed by atoms with van der Waals surface area (Å²) in [5, 5.41) is 8.00. The van der Waals surface area contributed by atoms with E-state index < -0.39 is 0 Å². The fourth-order valence-electron chi connectivity index (χ4n) is 2.94. The second-order valence-electron chi connectivity index (χ2n) is 5.93. The zero-order chi connectivity index (χ0) is 14.2. The van der Waals surface area contributed by atoms with E-state index in [1.807, 2.05) is 17.9 Å². The monoisotopic (exact) mass is 270 g/mol. The van der Waals surface area contributed by atoms with Crippen LogP contribution in [-0.4, -0.2) is 28.9 Å². The molecule has 1 saturated heterocycles. The van der Waals surface area contributed by atoms with Crippen molar-refractivity contribution in [1.82, 2.24) is 15.1 Å². The lowest BCUT2D eigenvalue weighted by Gasteiger charge is -2.46. The van der Waals surface area contributed by atoms with Crippen LogP contribution in [-0.2, 0) is 12.6 Å². The fraction of sp³-hybridized carbons (Fsp3) is 0.438. The first-order chi connectivity index (χ1) is 9.58. The van der Waals surface area contributed by atoms with Gasteiger partial charge in [-0.1, -0.05) is 30.3 Å². The number of aryl methyl sites for hydroxylation is 1. The van der Waals surface area contributed by atoms with Crippen LogP contribution in [0.3, 0.4) is 0 Å². The molecular formula is C16H22N4. The van der Waals surface area contributed by atoms with Crippen LogP contribution in [0.5, 0.6) is 0 Å². The lowest BCUT2D eigenvalue weighted by Crippen LogP contribution is -2.60. The molecule has 0 aliphatic carbocycles. The molecule has 0 radical (unpaired) electrons. The molecule has 2 heterocycles. The first-order valence-corrected chi connectivity index (χ1v) is 7.14. The highest BCUT2D eigenvalue weighted by atomic mass is 15.3. The van der Waals surface area contributed by atoms with Crippen molar-refractivity contribution in [1.29, 1.82) is 0 Å². The number of aromatic nitrogens is 2. The molecule has 2 unspecified atom stereocenters. The van der Waals surface area contributed by atoms with Gasteiger partial charge in [0.2, 0.25) is 0 Å². The SMILES string of the molecule is CC1CNC(C)(c2ccccc2)CN1c1cnn(C)c1. The largest absolute Gasteiger partial charge is 0.363 e. The standard InChI is InChI=1S/C16H22N4/c1-13-9-17-16(2,14-7-5-4-6-8-14)12-20(13)15-10-18-19(3)11-15/h4-8,10-11,13,17H,9,12H2,1-3H3. The minimum atomic E-state index is -0.0242. The van der Waals surface area contributed by atoms with Gasteiger partial charge in [0.25, 0.3) is 0 Å². The number of hydrogen-bond acceptors (Lipinski definition) is 3. The van der Waals surface area contributed by atoms with Gasteiger partial charge in [-0.3, -0.25) is 4.68 Å². The molecule has 1 aromatic heterocycles. The molecular weight excluding hydrogens is 248 g/mol. The number of anilines is 1. The van der Waals surface area contributed by atoms with Crippen LogP contribution >= 0.6 is 0 Å². The maximum atomic E-state index is 4.30. The third kappa shape index (κ3) is 2.31. The van der Waals surface area contributed by atoms with Gasteiger partial charge in [0, 0.05) is 32.4 Å². The number of piperazine rings is 1. The van der Waals surface area contributed by atoms with Crippen LogP contribution in [0.4, 0.5) is 5.69 Å². The average Bonchev–Trinajstić information content (AvgIpc) is 2.89. The second-order valence-corrected chi connectivity index (χ2v) is 5.93. The Balaban J connectivity index is 1.90. The highest BCUT2D eigenvalue weighted by molar-refractivity contribution is 5.46. The highest BCUT2D eigenvalue weighted by Crippen LogP contribution is 2.29. The number of nitrogens with zero attached hydrogens (tertiary/aromatic N) is 3. The van der Waals surface area contributed by atoms with Gasteiger partial charge in [0.05, 0.1) is 17.4 Å². The molecule has 1 aromatic carbocycles. The smallest absolute Gasteiger partial charge is 0.0755 e. The molecule has 0 spiro atoms. The predicted molar refractivity (Wildman–Crippen MR) is 81.8 cm³/mol. The topological polar surface area (TPSA) is 33.1 Å². The van der Waals surface area contributed by atoms with E-state index in [0.29, 0.717) is 6.04 Å². The Bertz CT molecular complexity index is 577. The van der Waals surface area contributed by atoms with Gasteiger partial charge < -0.3 is 10.2 Å². The van der Waals surface area contributed by atoms with Gasteiger partial charge in [-0.15, -0.1) is 0 Å². The van der Waals surface area contributed by atoms with Crippen molar-refractivity contribution in [3.63, 3.8) is 0 Å². The summed E-state index contributed by atoms with van der Waals surface area (Å²) < 4.78 is 1.87. The summed E-state index contributed by atoms with van der Waals surface area (Å²) in [7, 11) is 1.97. The lowest BCUT2D eigenvalue weighted by atomic mass is 9.88. The maximum Gasteiger partial charge on any atom is 0.0755 e. The highest BCUT2D eigenvalue weighted by Gasteiger charge is 2.35. The second kappa shape index (κ2) is 4.94. The molecule has 1 N–H and O–H groups in total. The van der Waals surface area contributed by atoms with Crippen molar-refractivity contribution >= 4 is 5.69 Å². The summed E-state index contributed by atoms with van der Waals surface area (Å²) in [6, 6.07) is 11.1. The third-order valence-electron chi connectivity index (χ3n) is 4.24. The summed E-state index contributed by atoms with van der Waals surface area (Å²) in [4.78, 5) is 2.44. The van der Waals surface area contributed by atoms with Crippen LogP contribution in [0.1, 0.15) is 19.4 Å². The number of nitrogens with one attached hydrogen (secondary N) is 1. The van der Waals surface area contributed by atoms with E-state index in [2.05, 4.69) is 65.7 Å². The number of hydrogen-bond donors (Lipinski definition) is 1. The zero-order valence-corrected chi connectivity index (χ0v) is 12.4. The third-order valence-corrected chi connectivity index (χ3v) is 4.24. The first-order valence-electron chi connectivity index (χ1n) is 7.14. The molecule has 1 aliphatic rings. The van der Waals surface area contributed by atoms with Crippen molar-refractivity contribution in [2.75, 3.05) is 18.0 Å². The molecule has 0 saturated carbocycles. The Labute approximate surface area is 120 Å². The van der Waals surface area contributed by atoms with Crippen molar-refractivity contribution in [3.8, 4) is 0 Å². The molecule has 0 amide bonds. The van der Waals surface area contributed by atoms with Crippen LogP contribution in [0.2, 0.25) is 0 Å². The molecule has 20 heavy (non-hydrogen) atoms. The Kier molecular flexibility index (Phi) is 3.26. The Morgan fingerprint density at radius 3 is 2.70 bits per heavy atom. The van der Waals surface area contributed by atoms with E-state index in [-0.39, 0.29) is 5.54 Å². The number of rotatable bonds is 2. The molecule has 1 fully saturated rings. The Hall–Kier alpha value is -1.81. The average molecular weight is 270 g/mol. The van der Waals surface area contributed by atoms with Gasteiger partial charge in [-0.25, -0.2) is 0 Å². The van der Waals surface area contributed by atoms with Crippen LogP contribution in [0, 0.1) is 0 Å². The fourth-order valence-corrected chi connectivity index (χ4v) is 2.94. The van der Waals surface area contributed by atoms with Gasteiger partial charge in [-0.05, 0) is 19.4 Å². The van der Waals surface area contributed by atoms with Gasteiger partial charge >= 0.3 is 0 Å². The molecule has 4 heteroatoms. The Morgan fingerprint density at radius 1 is 1.30 bits per heavy atom. The molecule has 3 rings (SSSR count). The lowest BCUT2D eigenvalue weighted by molar-refractivity contribution is 0.299. The van der Waals surface area contributed by atoms with Gasteiger partial charge in [0.15, 0.2) is 0 Å². The molecule has 106 valence electrons. The Morgan fingerprint density at radius 2 is 2.05 bits per heavy atom. The molecule has 2 aromatic rings. The van der Waals surface area contributed by atoms with Crippen molar-refractivity contribution < 1.29 is 0 Å². The minimum Gasteiger partial charge on any atom is -0.363 e. The molecule has 4 nitrogen and oxygen atoms in total. The van der Waals surface area contributed by atoms with E-state index in [1.54, 1.807) is 0 Å². The van der Waals surface area contributed by atoms with E-state index in [0.717, 1.165) is 13.1 Å². The summed E-state index contributed by atoms with van der Waals surface area (Å²) in [5.41, 5.74) is 2.51. The first kappa shape index (κ1) is 13.2. The summed E-state index contributed by atoms with van der Waals surface area (Å²) in [6.45, 7) is 6.45. The quantitative estimate of drug-likeness (QED) is 0.907. The number of benzene rings is 1. The van der Waals surface area contributed by atoms with Crippen molar-refractivity contribution in [2.24, 2.45) is 7.05 Å². The van der Waals surface area contributed by atoms with E-state index in [1.165, 1.54) is 11.3 Å². The summed E-state index contributed by atoms with van der Waals surface area (Å²) in [6.07, 6.45) is 4.04. The van der Waals surface area contributed by atoms with Crippen molar-refractivity contribution in [2.45, 2.75) is 25.4 Å². The van der Waals surface area contributed by atoms with Crippen LogP contribution in [0.15, 0.2) is 42.7 Å². The van der Waals surface area contributed by atoms with Gasteiger partial charge in [0.1, 0.15) is 0 Å². The normalized spacial score (nSPS) is 26.8. The molecule has 0 bridgehead atoms. The zero-order valence-electron chi connectivity index (χ0n) is 12.4. The molecule has 2 atom stereocenters. The summed E-state index contributed by atoms with van der Waals surface area (Å²) >= 11 is 0. The van der Waals surface area contributed by atoms with Crippen molar-refractivity contribution in [3.05, 3.63) is 48.3 Å². The van der Waals surface area contributed by atoms with E-state index in [9.17, 15) is 0 Å². The van der Waals surface area contributed by atoms with E-state index >= 15 is 0 Å². The van der Waals surface area contributed by atoms with Gasteiger partial charge in [-0.2, -0.15) is 5.10 Å².